The van der Waals surface area contributed by atoms with Gasteiger partial charge in [-0.25, -0.2) is 4.98 Å². The number of ether oxygens (including phenoxy) is 1. The lowest BCUT2D eigenvalue weighted by Crippen LogP contribution is -2.40. The van der Waals surface area contributed by atoms with Crippen LogP contribution in [-0.4, -0.2) is 51.9 Å². The van der Waals surface area contributed by atoms with Crippen molar-refractivity contribution in [1.29, 1.82) is 0 Å². The Bertz CT molecular complexity index is 912. The summed E-state index contributed by atoms with van der Waals surface area (Å²) in [6.07, 6.45) is 3.77. The van der Waals surface area contributed by atoms with Gasteiger partial charge in [0.15, 0.2) is 0 Å². The van der Waals surface area contributed by atoms with E-state index in [0.29, 0.717) is 38.4 Å². The standard InChI is InChI=1S/C19H21N5O2S/c1-23-12-15(10-21-23)17-13-27-18(22-17)11-20-16-4-2-14(3-5-16)19(25)24-6-8-26-9-7-24/h2-5,10,12-13,20H,6-9,11H2,1H3. The van der Waals surface area contributed by atoms with Gasteiger partial charge in [0.1, 0.15) is 5.01 Å². The average Bonchev–Trinajstić information content (AvgIpc) is 3.36. The molecule has 7 nitrogen and oxygen atoms in total. The molecule has 1 saturated heterocycles. The summed E-state index contributed by atoms with van der Waals surface area (Å²) < 4.78 is 7.07. The number of benzene rings is 1. The Morgan fingerprint density at radius 3 is 2.74 bits per heavy atom. The van der Waals surface area contributed by atoms with Crippen LogP contribution in [0, 0.1) is 0 Å². The highest BCUT2D eigenvalue weighted by molar-refractivity contribution is 7.09. The molecule has 1 fully saturated rings. The number of carbonyl (C=O) groups is 1. The molecule has 8 heteroatoms. The summed E-state index contributed by atoms with van der Waals surface area (Å²) in [5, 5.41) is 10.6. The van der Waals surface area contributed by atoms with Gasteiger partial charge in [0.25, 0.3) is 5.91 Å². The van der Waals surface area contributed by atoms with Crippen LogP contribution >= 0.6 is 11.3 Å². The number of nitrogens with one attached hydrogen (secondary N) is 1. The smallest absolute Gasteiger partial charge is 0.254 e. The van der Waals surface area contributed by atoms with Gasteiger partial charge in [-0.3, -0.25) is 9.48 Å². The first-order chi connectivity index (χ1) is 13.2. The van der Waals surface area contributed by atoms with Crippen LogP contribution in [0.3, 0.4) is 0 Å². The second-order valence-electron chi connectivity index (χ2n) is 6.36. The third-order valence-corrected chi connectivity index (χ3v) is 5.28. The number of carbonyl (C=O) groups excluding carboxylic acids is 1. The second-order valence-corrected chi connectivity index (χ2v) is 7.31. The molecule has 0 spiro atoms. The largest absolute Gasteiger partial charge is 0.379 e. The Labute approximate surface area is 161 Å². The first kappa shape index (κ1) is 17.7. The van der Waals surface area contributed by atoms with Crippen molar-refractivity contribution in [2.24, 2.45) is 7.05 Å². The number of morpholine rings is 1. The van der Waals surface area contributed by atoms with E-state index >= 15 is 0 Å². The molecule has 1 aliphatic rings. The molecule has 3 aromatic rings. The topological polar surface area (TPSA) is 72.3 Å². The number of hydrogen-bond donors (Lipinski definition) is 1. The maximum atomic E-state index is 12.5. The summed E-state index contributed by atoms with van der Waals surface area (Å²) >= 11 is 1.62. The molecule has 0 radical (unpaired) electrons. The Morgan fingerprint density at radius 1 is 1.26 bits per heavy atom. The monoisotopic (exact) mass is 383 g/mol. The molecule has 1 aliphatic heterocycles. The lowest BCUT2D eigenvalue weighted by atomic mass is 10.1. The van der Waals surface area contributed by atoms with Crippen molar-refractivity contribution in [3.8, 4) is 11.3 Å². The third kappa shape index (κ3) is 4.17. The molecule has 0 unspecified atom stereocenters. The number of aryl methyl sites for hydroxylation is 1. The molecular weight excluding hydrogens is 362 g/mol. The van der Waals surface area contributed by atoms with Crippen LogP contribution in [-0.2, 0) is 18.3 Å². The highest BCUT2D eigenvalue weighted by Crippen LogP contribution is 2.22. The zero-order chi connectivity index (χ0) is 18.6. The minimum Gasteiger partial charge on any atom is -0.379 e. The summed E-state index contributed by atoms with van der Waals surface area (Å²) in [6.45, 7) is 3.17. The van der Waals surface area contributed by atoms with Crippen LogP contribution in [0.15, 0.2) is 42.0 Å². The van der Waals surface area contributed by atoms with Crippen molar-refractivity contribution < 1.29 is 9.53 Å². The van der Waals surface area contributed by atoms with Gasteiger partial charge >= 0.3 is 0 Å². The molecule has 0 aliphatic carbocycles. The Balaban J connectivity index is 1.35. The number of thiazole rings is 1. The van der Waals surface area contributed by atoms with E-state index < -0.39 is 0 Å². The molecule has 0 bridgehead atoms. The number of nitrogens with zero attached hydrogens (tertiary/aromatic N) is 4. The number of aromatic nitrogens is 3. The van der Waals surface area contributed by atoms with Crippen LogP contribution in [0.5, 0.6) is 0 Å². The van der Waals surface area contributed by atoms with E-state index in [0.717, 1.165) is 22.0 Å². The van der Waals surface area contributed by atoms with Crippen LogP contribution in [0.25, 0.3) is 11.3 Å². The minimum atomic E-state index is 0.0610. The SMILES string of the molecule is Cn1cc(-c2csc(CNc3ccc(C(=O)N4CCOCC4)cc3)n2)cn1. The van der Waals surface area contributed by atoms with Crippen LogP contribution < -0.4 is 5.32 Å². The Hall–Kier alpha value is -2.71. The summed E-state index contributed by atoms with van der Waals surface area (Å²) in [6, 6.07) is 7.60. The van der Waals surface area contributed by atoms with Crippen molar-refractivity contribution in [2.45, 2.75) is 6.54 Å². The van der Waals surface area contributed by atoms with Crippen molar-refractivity contribution in [2.75, 3.05) is 31.6 Å². The van der Waals surface area contributed by atoms with Crippen molar-refractivity contribution in [3.63, 3.8) is 0 Å². The van der Waals surface area contributed by atoms with Gasteiger partial charge in [-0.1, -0.05) is 0 Å². The molecule has 27 heavy (non-hydrogen) atoms. The molecule has 2 aromatic heterocycles. The summed E-state index contributed by atoms with van der Waals surface area (Å²) in [5.41, 5.74) is 3.63. The van der Waals surface area contributed by atoms with Gasteiger partial charge in [-0.15, -0.1) is 11.3 Å². The fourth-order valence-corrected chi connectivity index (χ4v) is 3.68. The highest BCUT2D eigenvalue weighted by Gasteiger charge is 2.18. The van der Waals surface area contributed by atoms with Crippen LogP contribution in [0.1, 0.15) is 15.4 Å². The Kier molecular flexibility index (Phi) is 5.17. The van der Waals surface area contributed by atoms with E-state index in [2.05, 4.69) is 15.4 Å². The van der Waals surface area contributed by atoms with Crippen LogP contribution in [0.2, 0.25) is 0 Å². The molecule has 140 valence electrons. The molecule has 1 N–H and O–H groups in total. The molecule has 0 atom stereocenters. The zero-order valence-electron chi connectivity index (χ0n) is 15.1. The first-order valence-electron chi connectivity index (χ1n) is 8.83. The van der Waals surface area contributed by atoms with Crippen LogP contribution in [0.4, 0.5) is 5.69 Å². The normalized spacial score (nSPS) is 14.3. The molecular formula is C19H21N5O2S. The summed E-state index contributed by atoms with van der Waals surface area (Å²) in [4.78, 5) is 18.9. The van der Waals surface area contributed by atoms with E-state index in [9.17, 15) is 4.79 Å². The molecule has 1 amide bonds. The first-order valence-corrected chi connectivity index (χ1v) is 9.71. The van der Waals surface area contributed by atoms with Gasteiger partial charge in [0, 0.05) is 48.5 Å². The number of anilines is 1. The number of hydrogen-bond acceptors (Lipinski definition) is 6. The predicted molar refractivity (Wildman–Crippen MR) is 105 cm³/mol. The van der Waals surface area contributed by atoms with Gasteiger partial charge in [-0.05, 0) is 24.3 Å². The molecule has 0 saturated carbocycles. The Morgan fingerprint density at radius 2 is 2.04 bits per heavy atom. The lowest BCUT2D eigenvalue weighted by molar-refractivity contribution is 0.0303. The lowest BCUT2D eigenvalue weighted by Gasteiger charge is -2.26. The number of amides is 1. The maximum Gasteiger partial charge on any atom is 0.254 e. The van der Waals surface area contributed by atoms with E-state index in [4.69, 9.17) is 4.74 Å². The van der Waals surface area contributed by atoms with E-state index in [1.165, 1.54) is 0 Å². The minimum absolute atomic E-state index is 0.0610. The van der Waals surface area contributed by atoms with Crippen molar-refractivity contribution >= 4 is 22.9 Å². The number of rotatable bonds is 5. The average molecular weight is 383 g/mol. The summed E-state index contributed by atoms with van der Waals surface area (Å²) in [5.74, 6) is 0.0610. The van der Waals surface area contributed by atoms with E-state index in [1.807, 2.05) is 54.0 Å². The van der Waals surface area contributed by atoms with Crippen molar-refractivity contribution in [1.82, 2.24) is 19.7 Å². The molecule has 1 aromatic carbocycles. The molecule has 3 heterocycles. The van der Waals surface area contributed by atoms with E-state index in [1.54, 1.807) is 16.0 Å². The van der Waals surface area contributed by atoms with E-state index in [-0.39, 0.29) is 5.91 Å². The third-order valence-electron chi connectivity index (χ3n) is 4.43. The molecule has 4 rings (SSSR count). The fourth-order valence-electron chi connectivity index (χ4n) is 2.94. The second kappa shape index (κ2) is 7.89. The van der Waals surface area contributed by atoms with Gasteiger partial charge in [0.2, 0.25) is 0 Å². The zero-order valence-corrected chi connectivity index (χ0v) is 15.9. The van der Waals surface area contributed by atoms with Gasteiger partial charge < -0.3 is 15.0 Å². The highest BCUT2D eigenvalue weighted by atomic mass is 32.1. The van der Waals surface area contributed by atoms with Gasteiger partial charge in [0.05, 0.1) is 31.6 Å². The van der Waals surface area contributed by atoms with Gasteiger partial charge in [-0.2, -0.15) is 5.10 Å². The quantitative estimate of drug-likeness (QED) is 0.733. The van der Waals surface area contributed by atoms with Crippen molar-refractivity contribution in [3.05, 3.63) is 52.6 Å². The predicted octanol–water partition coefficient (Wildman–Crippen LogP) is 2.63. The maximum absolute atomic E-state index is 12.5. The fraction of sp³-hybridized carbons (Fsp3) is 0.316. The summed E-state index contributed by atoms with van der Waals surface area (Å²) in [7, 11) is 1.89.